The second-order valence-corrected chi connectivity index (χ2v) is 6.08. The zero-order valence-corrected chi connectivity index (χ0v) is 15.2. The molecule has 0 saturated carbocycles. The molecule has 2 aromatic rings. The van der Waals surface area contributed by atoms with Gasteiger partial charge in [0, 0.05) is 13.1 Å². The standard InChI is InChI=1S/C17H22N4O3S/c1-4-9-21-12-19-20-17(21)25-11-16(22)18-8-7-13-5-6-14(23-2)15(10-13)24-3/h4-6,10,12H,1,7-9,11H2,2-3H3,(H,18,22). The summed E-state index contributed by atoms with van der Waals surface area (Å²) in [5.74, 6) is 1.62. The molecule has 1 amide bonds. The van der Waals surface area contributed by atoms with Crippen LogP contribution in [0.2, 0.25) is 0 Å². The van der Waals surface area contributed by atoms with Crippen LogP contribution in [0, 0.1) is 0 Å². The SMILES string of the molecule is C=CCn1cnnc1SCC(=O)NCCc1ccc(OC)c(OC)c1. The number of nitrogens with zero attached hydrogens (tertiary/aromatic N) is 3. The van der Waals surface area contributed by atoms with E-state index in [0.29, 0.717) is 41.9 Å². The van der Waals surface area contributed by atoms with Crippen molar-refractivity contribution in [2.75, 3.05) is 26.5 Å². The number of amides is 1. The highest BCUT2D eigenvalue weighted by Gasteiger charge is 2.08. The molecule has 1 aromatic carbocycles. The molecule has 0 spiro atoms. The number of allylic oxidation sites excluding steroid dienone is 1. The van der Waals surface area contributed by atoms with E-state index >= 15 is 0 Å². The predicted octanol–water partition coefficient (Wildman–Crippen LogP) is 1.93. The number of rotatable bonds is 10. The highest BCUT2D eigenvalue weighted by Crippen LogP contribution is 2.27. The summed E-state index contributed by atoms with van der Waals surface area (Å²) in [5.41, 5.74) is 1.07. The molecule has 0 fully saturated rings. The zero-order valence-electron chi connectivity index (χ0n) is 14.4. The lowest BCUT2D eigenvalue weighted by atomic mass is 10.1. The fraction of sp³-hybridized carbons (Fsp3) is 0.353. The molecule has 2 rings (SSSR count). The molecule has 7 nitrogen and oxygen atoms in total. The van der Waals surface area contributed by atoms with Crippen LogP contribution >= 0.6 is 11.8 Å². The summed E-state index contributed by atoms with van der Waals surface area (Å²) < 4.78 is 12.3. The van der Waals surface area contributed by atoms with Crippen molar-refractivity contribution in [3.8, 4) is 11.5 Å². The topological polar surface area (TPSA) is 78.3 Å². The molecule has 0 aliphatic carbocycles. The Morgan fingerprint density at radius 1 is 1.36 bits per heavy atom. The van der Waals surface area contributed by atoms with Crippen LogP contribution < -0.4 is 14.8 Å². The summed E-state index contributed by atoms with van der Waals surface area (Å²) in [6.07, 6.45) is 4.10. The molecule has 1 heterocycles. The summed E-state index contributed by atoms with van der Waals surface area (Å²) in [6, 6.07) is 5.73. The van der Waals surface area contributed by atoms with Gasteiger partial charge in [-0.05, 0) is 24.1 Å². The van der Waals surface area contributed by atoms with Gasteiger partial charge in [-0.1, -0.05) is 23.9 Å². The molecule has 0 saturated heterocycles. The fourth-order valence-corrected chi connectivity index (χ4v) is 2.94. The van der Waals surface area contributed by atoms with Crippen LogP contribution in [0.3, 0.4) is 0 Å². The van der Waals surface area contributed by atoms with Gasteiger partial charge >= 0.3 is 0 Å². The van der Waals surface area contributed by atoms with Crippen LogP contribution in [-0.4, -0.2) is 47.2 Å². The third-order valence-electron chi connectivity index (χ3n) is 3.42. The first kappa shape index (κ1) is 18.9. The number of carbonyl (C=O) groups is 1. The first-order chi connectivity index (χ1) is 12.2. The number of carbonyl (C=O) groups excluding carboxylic acids is 1. The third kappa shape index (κ3) is 5.53. The van der Waals surface area contributed by atoms with E-state index in [2.05, 4.69) is 22.1 Å². The van der Waals surface area contributed by atoms with Crippen molar-refractivity contribution in [2.45, 2.75) is 18.1 Å². The Hall–Kier alpha value is -2.48. The Morgan fingerprint density at radius 2 is 2.16 bits per heavy atom. The number of nitrogens with one attached hydrogen (secondary N) is 1. The van der Waals surface area contributed by atoms with Gasteiger partial charge in [0.15, 0.2) is 16.7 Å². The van der Waals surface area contributed by atoms with Gasteiger partial charge in [-0.25, -0.2) is 0 Å². The Labute approximate surface area is 151 Å². The lowest BCUT2D eigenvalue weighted by molar-refractivity contribution is -0.118. The maximum Gasteiger partial charge on any atom is 0.230 e. The minimum absolute atomic E-state index is 0.0429. The molecule has 8 heteroatoms. The molecule has 134 valence electrons. The lowest BCUT2D eigenvalue weighted by Crippen LogP contribution is -2.27. The zero-order chi connectivity index (χ0) is 18.1. The first-order valence-corrected chi connectivity index (χ1v) is 8.75. The monoisotopic (exact) mass is 362 g/mol. The molecule has 0 unspecified atom stereocenters. The van der Waals surface area contributed by atoms with Crippen LogP contribution in [0.5, 0.6) is 11.5 Å². The highest BCUT2D eigenvalue weighted by molar-refractivity contribution is 7.99. The summed E-state index contributed by atoms with van der Waals surface area (Å²) in [7, 11) is 3.21. The Morgan fingerprint density at radius 3 is 2.88 bits per heavy atom. The molecule has 25 heavy (non-hydrogen) atoms. The van der Waals surface area contributed by atoms with Crippen molar-refractivity contribution in [1.82, 2.24) is 20.1 Å². The van der Waals surface area contributed by atoms with Crippen molar-refractivity contribution in [3.63, 3.8) is 0 Å². The first-order valence-electron chi connectivity index (χ1n) is 7.77. The number of hydrogen-bond donors (Lipinski definition) is 1. The van der Waals surface area contributed by atoms with Gasteiger partial charge in [-0.2, -0.15) is 0 Å². The van der Waals surface area contributed by atoms with E-state index in [4.69, 9.17) is 9.47 Å². The molecule has 1 N–H and O–H groups in total. The minimum Gasteiger partial charge on any atom is -0.493 e. The van der Waals surface area contributed by atoms with Crippen LogP contribution in [0.1, 0.15) is 5.56 Å². The van der Waals surface area contributed by atoms with E-state index in [-0.39, 0.29) is 5.91 Å². The van der Waals surface area contributed by atoms with Crippen molar-refractivity contribution in [2.24, 2.45) is 0 Å². The molecule has 0 radical (unpaired) electrons. The van der Waals surface area contributed by atoms with Gasteiger partial charge in [0.25, 0.3) is 0 Å². The van der Waals surface area contributed by atoms with Gasteiger partial charge in [0.1, 0.15) is 6.33 Å². The highest BCUT2D eigenvalue weighted by atomic mass is 32.2. The van der Waals surface area contributed by atoms with Crippen LogP contribution in [0.15, 0.2) is 42.3 Å². The predicted molar refractivity (Wildman–Crippen MR) is 97.2 cm³/mol. The number of hydrogen-bond acceptors (Lipinski definition) is 6. The van der Waals surface area contributed by atoms with E-state index in [1.807, 2.05) is 22.8 Å². The summed E-state index contributed by atoms with van der Waals surface area (Å²) in [5, 5.41) is 11.4. The summed E-state index contributed by atoms with van der Waals surface area (Å²) in [4.78, 5) is 12.0. The molecule has 0 atom stereocenters. The summed E-state index contributed by atoms with van der Waals surface area (Å²) >= 11 is 1.35. The van der Waals surface area contributed by atoms with Gasteiger partial charge in [-0.3, -0.25) is 4.79 Å². The lowest BCUT2D eigenvalue weighted by Gasteiger charge is -2.10. The fourth-order valence-electron chi connectivity index (χ4n) is 2.18. The summed E-state index contributed by atoms with van der Waals surface area (Å²) in [6.45, 7) is 4.85. The average molecular weight is 362 g/mol. The number of methoxy groups -OCH3 is 2. The molecule has 0 aliphatic heterocycles. The van der Waals surface area contributed by atoms with Crippen LogP contribution in [0.4, 0.5) is 0 Å². The van der Waals surface area contributed by atoms with E-state index in [9.17, 15) is 4.79 Å². The van der Waals surface area contributed by atoms with Crippen molar-refractivity contribution in [3.05, 3.63) is 42.7 Å². The van der Waals surface area contributed by atoms with Crippen molar-refractivity contribution < 1.29 is 14.3 Å². The second kappa shape index (κ2) is 9.73. The number of benzene rings is 1. The Balaban J connectivity index is 1.77. The second-order valence-electron chi connectivity index (χ2n) is 5.13. The number of aromatic nitrogens is 3. The van der Waals surface area contributed by atoms with E-state index in [0.717, 1.165) is 5.56 Å². The molecular formula is C17H22N4O3S. The smallest absolute Gasteiger partial charge is 0.230 e. The van der Waals surface area contributed by atoms with Crippen molar-refractivity contribution >= 4 is 17.7 Å². The average Bonchev–Trinajstić information content (AvgIpc) is 3.07. The number of thioether (sulfide) groups is 1. The quantitative estimate of drug-likeness (QED) is 0.514. The Bertz CT molecular complexity index is 718. The molecule has 0 aliphatic rings. The van der Waals surface area contributed by atoms with Gasteiger partial charge < -0.3 is 19.4 Å². The normalized spacial score (nSPS) is 10.3. The maximum atomic E-state index is 12.0. The van der Waals surface area contributed by atoms with Crippen LogP contribution in [-0.2, 0) is 17.8 Å². The minimum atomic E-state index is -0.0429. The van der Waals surface area contributed by atoms with Crippen LogP contribution in [0.25, 0.3) is 0 Å². The van der Waals surface area contributed by atoms with E-state index in [1.54, 1.807) is 26.6 Å². The van der Waals surface area contributed by atoms with Gasteiger partial charge in [0.2, 0.25) is 5.91 Å². The van der Waals surface area contributed by atoms with E-state index in [1.165, 1.54) is 11.8 Å². The Kier molecular flexibility index (Phi) is 7.34. The maximum absolute atomic E-state index is 12.0. The number of ether oxygens (including phenoxy) is 2. The molecular weight excluding hydrogens is 340 g/mol. The molecule has 0 bridgehead atoms. The van der Waals surface area contributed by atoms with Gasteiger partial charge in [-0.15, -0.1) is 16.8 Å². The molecule has 1 aromatic heterocycles. The van der Waals surface area contributed by atoms with E-state index < -0.39 is 0 Å². The van der Waals surface area contributed by atoms with Crippen molar-refractivity contribution in [1.29, 1.82) is 0 Å². The van der Waals surface area contributed by atoms with Gasteiger partial charge in [0.05, 0.1) is 20.0 Å². The largest absolute Gasteiger partial charge is 0.493 e. The third-order valence-corrected chi connectivity index (χ3v) is 4.40.